The zero-order valence-electron chi connectivity index (χ0n) is 8.62. The second-order valence-corrected chi connectivity index (χ2v) is 3.55. The average Bonchev–Trinajstić information content (AvgIpc) is 2.20. The molecule has 1 aromatic rings. The van der Waals surface area contributed by atoms with Crippen LogP contribution in [0.1, 0.15) is 12.0 Å². The van der Waals surface area contributed by atoms with E-state index in [0.29, 0.717) is 0 Å². The third kappa shape index (κ3) is 3.27. The van der Waals surface area contributed by atoms with Crippen LogP contribution in [0.3, 0.4) is 0 Å². The Morgan fingerprint density at radius 2 is 2.12 bits per heavy atom. The number of carboxylic acids is 1. The highest BCUT2D eigenvalue weighted by atomic mass is 19.1. The van der Waals surface area contributed by atoms with Crippen molar-refractivity contribution in [2.45, 2.75) is 12.8 Å². The lowest BCUT2D eigenvalue weighted by Crippen LogP contribution is -2.20. The molecule has 0 aliphatic rings. The molecule has 3 N–H and O–H groups in total. The van der Waals surface area contributed by atoms with Gasteiger partial charge in [-0.1, -0.05) is 6.07 Å². The van der Waals surface area contributed by atoms with Crippen LogP contribution in [-0.2, 0) is 11.2 Å². The number of carboxylic acid groups (broad SMARTS) is 1. The Hall–Kier alpha value is -1.49. The summed E-state index contributed by atoms with van der Waals surface area (Å²) in [5.41, 5.74) is 5.46. The fourth-order valence-corrected chi connectivity index (χ4v) is 1.47. The molecule has 5 heteroatoms. The van der Waals surface area contributed by atoms with Crippen molar-refractivity contribution in [1.29, 1.82) is 0 Å². The summed E-state index contributed by atoms with van der Waals surface area (Å²) >= 11 is 0. The Morgan fingerprint density at radius 1 is 1.44 bits per heavy atom. The molecule has 1 atom stereocenters. The van der Waals surface area contributed by atoms with Crippen LogP contribution in [0.15, 0.2) is 18.2 Å². The molecule has 0 fully saturated rings. The number of benzene rings is 1. The van der Waals surface area contributed by atoms with Gasteiger partial charge in [-0.3, -0.25) is 4.79 Å². The number of rotatable bonds is 5. The molecule has 88 valence electrons. The molecule has 0 aliphatic carbocycles. The Bertz CT molecular complexity index is 382. The van der Waals surface area contributed by atoms with Gasteiger partial charge < -0.3 is 10.8 Å². The summed E-state index contributed by atoms with van der Waals surface area (Å²) in [7, 11) is 0. The number of aliphatic carboxylic acids is 1. The number of halogens is 2. The van der Waals surface area contributed by atoms with Gasteiger partial charge in [0.2, 0.25) is 0 Å². The van der Waals surface area contributed by atoms with Crippen molar-refractivity contribution in [1.82, 2.24) is 0 Å². The zero-order valence-corrected chi connectivity index (χ0v) is 8.62. The quantitative estimate of drug-likeness (QED) is 0.805. The molecule has 3 nitrogen and oxygen atoms in total. The minimum atomic E-state index is -1.02. The van der Waals surface area contributed by atoms with Gasteiger partial charge in [0.1, 0.15) is 11.6 Å². The summed E-state index contributed by atoms with van der Waals surface area (Å²) in [5, 5.41) is 8.86. The molecular formula is C11H13F2NO2. The van der Waals surface area contributed by atoms with Crippen molar-refractivity contribution in [3.8, 4) is 0 Å². The largest absolute Gasteiger partial charge is 0.481 e. The van der Waals surface area contributed by atoms with Gasteiger partial charge in [0, 0.05) is 6.07 Å². The van der Waals surface area contributed by atoms with Crippen molar-refractivity contribution in [2.24, 2.45) is 11.7 Å². The highest BCUT2D eigenvalue weighted by Crippen LogP contribution is 2.16. The summed E-state index contributed by atoms with van der Waals surface area (Å²) in [5.74, 6) is -3.14. The first-order valence-corrected chi connectivity index (χ1v) is 4.91. The lowest BCUT2D eigenvalue weighted by atomic mass is 9.96. The Balaban J connectivity index is 2.81. The number of nitrogens with two attached hydrogens (primary N) is 1. The summed E-state index contributed by atoms with van der Waals surface area (Å²) < 4.78 is 25.9. The van der Waals surface area contributed by atoms with Crippen LogP contribution in [0.25, 0.3) is 0 Å². The third-order valence-corrected chi connectivity index (χ3v) is 2.35. The molecule has 0 amide bonds. The maximum atomic E-state index is 13.3. The van der Waals surface area contributed by atoms with Gasteiger partial charge >= 0.3 is 5.97 Å². The summed E-state index contributed by atoms with van der Waals surface area (Å²) in [4.78, 5) is 10.8. The van der Waals surface area contributed by atoms with Crippen LogP contribution in [-0.4, -0.2) is 17.6 Å². The second-order valence-electron chi connectivity index (χ2n) is 3.55. The molecule has 0 spiro atoms. The maximum Gasteiger partial charge on any atom is 0.306 e. The van der Waals surface area contributed by atoms with E-state index in [0.717, 1.165) is 12.1 Å². The fourth-order valence-electron chi connectivity index (χ4n) is 1.47. The molecular weight excluding hydrogens is 216 g/mol. The highest BCUT2D eigenvalue weighted by Gasteiger charge is 2.18. The van der Waals surface area contributed by atoms with Gasteiger partial charge in [0.25, 0.3) is 0 Å². The summed E-state index contributed by atoms with van der Waals surface area (Å²) in [6.45, 7) is 0.222. The molecule has 0 saturated heterocycles. The first kappa shape index (κ1) is 12.6. The van der Waals surface area contributed by atoms with E-state index in [1.165, 1.54) is 6.07 Å². The van der Waals surface area contributed by atoms with Crippen LogP contribution < -0.4 is 5.73 Å². The SMILES string of the molecule is NCCC(Cc1ccc(F)cc1F)C(=O)O. The van der Waals surface area contributed by atoms with E-state index in [1.807, 2.05) is 0 Å². The van der Waals surface area contributed by atoms with Gasteiger partial charge in [-0.2, -0.15) is 0 Å². The van der Waals surface area contributed by atoms with E-state index in [-0.39, 0.29) is 24.9 Å². The lowest BCUT2D eigenvalue weighted by Gasteiger charge is -2.11. The van der Waals surface area contributed by atoms with Crippen molar-refractivity contribution in [3.63, 3.8) is 0 Å². The third-order valence-electron chi connectivity index (χ3n) is 2.35. The van der Waals surface area contributed by atoms with Crippen LogP contribution in [0.5, 0.6) is 0 Å². The lowest BCUT2D eigenvalue weighted by molar-refractivity contribution is -0.141. The highest BCUT2D eigenvalue weighted by molar-refractivity contribution is 5.70. The molecule has 0 heterocycles. The maximum absolute atomic E-state index is 13.3. The number of carbonyl (C=O) groups is 1. The molecule has 1 unspecified atom stereocenters. The standard InChI is InChI=1S/C11H13F2NO2/c12-9-2-1-7(10(13)6-9)5-8(3-4-14)11(15)16/h1-2,6,8H,3-5,14H2,(H,15,16). The first-order valence-electron chi connectivity index (χ1n) is 4.91. The minimum absolute atomic E-state index is 0.0264. The Labute approximate surface area is 91.9 Å². The topological polar surface area (TPSA) is 63.3 Å². The normalized spacial score (nSPS) is 12.4. The number of hydrogen-bond acceptors (Lipinski definition) is 2. The molecule has 0 radical (unpaired) electrons. The van der Waals surface area contributed by atoms with E-state index >= 15 is 0 Å². The molecule has 0 saturated carbocycles. The molecule has 0 bridgehead atoms. The van der Waals surface area contributed by atoms with Gasteiger partial charge in [0.05, 0.1) is 5.92 Å². The van der Waals surface area contributed by atoms with Gasteiger partial charge in [0.15, 0.2) is 0 Å². The second kappa shape index (κ2) is 5.55. The van der Waals surface area contributed by atoms with Gasteiger partial charge in [-0.15, -0.1) is 0 Å². The van der Waals surface area contributed by atoms with Crippen molar-refractivity contribution < 1.29 is 18.7 Å². The first-order chi connectivity index (χ1) is 7.54. The van der Waals surface area contributed by atoms with Crippen molar-refractivity contribution in [2.75, 3.05) is 6.54 Å². The zero-order chi connectivity index (χ0) is 12.1. The Morgan fingerprint density at radius 3 is 2.62 bits per heavy atom. The smallest absolute Gasteiger partial charge is 0.306 e. The molecule has 1 aromatic carbocycles. The van der Waals surface area contributed by atoms with E-state index in [1.54, 1.807) is 0 Å². The van der Waals surface area contributed by atoms with E-state index in [2.05, 4.69) is 0 Å². The van der Waals surface area contributed by atoms with Gasteiger partial charge in [-0.05, 0) is 31.0 Å². The minimum Gasteiger partial charge on any atom is -0.481 e. The van der Waals surface area contributed by atoms with Crippen LogP contribution in [0.2, 0.25) is 0 Å². The molecule has 16 heavy (non-hydrogen) atoms. The molecule has 1 rings (SSSR count). The van der Waals surface area contributed by atoms with Crippen LogP contribution in [0, 0.1) is 17.6 Å². The molecule has 0 aliphatic heterocycles. The van der Waals surface area contributed by atoms with Crippen molar-refractivity contribution >= 4 is 5.97 Å². The predicted octanol–water partition coefficient (Wildman–Crippen LogP) is 1.56. The average molecular weight is 229 g/mol. The molecule has 0 aromatic heterocycles. The summed E-state index contributed by atoms with van der Waals surface area (Å²) in [6, 6.07) is 3.12. The predicted molar refractivity (Wildman–Crippen MR) is 54.9 cm³/mol. The monoisotopic (exact) mass is 229 g/mol. The fraction of sp³-hybridized carbons (Fsp3) is 0.364. The van der Waals surface area contributed by atoms with E-state index in [4.69, 9.17) is 10.8 Å². The Kier molecular flexibility index (Phi) is 4.37. The van der Waals surface area contributed by atoms with Gasteiger partial charge in [-0.25, -0.2) is 8.78 Å². The number of hydrogen-bond donors (Lipinski definition) is 2. The van der Waals surface area contributed by atoms with E-state index in [9.17, 15) is 13.6 Å². The van der Waals surface area contributed by atoms with Crippen LogP contribution in [0.4, 0.5) is 8.78 Å². The summed E-state index contributed by atoms with van der Waals surface area (Å²) in [6.07, 6.45) is 0.296. The van der Waals surface area contributed by atoms with E-state index < -0.39 is 23.5 Å². The van der Waals surface area contributed by atoms with Crippen LogP contribution >= 0.6 is 0 Å². The van der Waals surface area contributed by atoms with Crippen molar-refractivity contribution in [3.05, 3.63) is 35.4 Å².